The second kappa shape index (κ2) is 6.60. The van der Waals surface area contributed by atoms with Crippen LogP contribution < -0.4 is 10.1 Å². The fraction of sp³-hybridized carbons (Fsp3) is 0.176. The number of thiophene rings is 1. The van der Waals surface area contributed by atoms with Gasteiger partial charge in [-0.05, 0) is 42.8 Å². The highest BCUT2D eigenvalue weighted by Crippen LogP contribution is 2.32. The number of benzene rings is 2. The standard InChI is InChI=1S/C17H16BrNOS/c1-19-10-17-15(14-4-2-3-5-16(14)21-17)11-20-13-8-6-12(18)7-9-13/h2-9,19H,10-11H2,1H3. The number of fused-ring (bicyclic) bond motifs is 1. The SMILES string of the molecule is CNCc1sc2ccccc2c1COc1ccc(Br)cc1. The van der Waals surface area contributed by atoms with Crippen molar-refractivity contribution in [2.24, 2.45) is 0 Å². The molecule has 1 aromatic heterocycles. The van der Waals surface area contributed by atoms with Crippen molar-refractivity contribution in [3.05, 3.63) is 63.4 Å². The maximum atomic E-state index is 5.96. The quantitative estimate of drug-likeness (QED) is 0.693. The van der Waals surface area contributed by atoms with Gasteiger partial charge in [0.15, 0.2) is 0 Å². The Balaban J connectivity index is 1.87. The summed E-state index contributed by atoms with van der Waals surface area (Å²) in [6.07, 6.45) is 0. The predicted molar refractivity (Wildman–Crippen MR) is 93.1 cm³/mol. The van der Waals surface area contributed by atoms with Gasteiger partial charge in [0.25, 0.3) is 0 Å². The Morgan fingerprint density at radius 2 is 1.86 bits per heavy atom. The Bertz CT molecular complexity index is 736. The van der Waals surface area contributed by atoms with Gasteiger partial charge in [0.2, 0.25) is 0 Å². The van der Waals surface area contributed by atoms with Crippen molar-refractivity contribution in [3.8, 4) is 5.75 Å². The number of rotatable bonds is 5. The molecule has 108 valence electrons. The fourth-order valence-corrected chi connectivity index (χ4v) is 3.78. The molecule has 0 saturated heterocycles. The topological polar surface area (TPSA) is 21.3 Å². The third kappa shape index (κ3) is 3.28. The average Bonchev–Trinajstić information content (AvgIpc) is 2.85. The van der Waals surface area contributed by atoms with Crippen LogP contribution in [0.2, 0.25) is 0 Å². The van der Waals surface area contributed by atoms with E-state index in [1.807, 2.05) is 42.6 Å². The first-order valence-corrected chi connectivity index (χ1v) is 8.41. The van der Waals surface area contributed by atoms with Crippen LogP contribution >= 0.6 is 27.3 Å². The summed E-state index contributed by atoms with van der Waals surface area (Å²) in [6.45, 7) is 1.47. The van der Waals surface area contributed by atoms with Crippen LogP contribution in [-0.4, -0.2) is 7.05 Å². The fourth-order valence-electron chi connectivity index (χ4n) is 2.30. The van der Waals surface area contributed by atoms with Gasteiger partial charge in [0.05, 0.1) is 0 Å². The van der Waals surface area contributed by atoms with Gasteiger partial charge in [-0.15, -0.1) is 11.3 Å². The molecule has 0 atom stereocenters. The molecule has 3 aromatic rings. The highest BCUT2D eigenvalue weighted by molar-refractivity contribution is 9.10. The van der Waals surface area contributed by atoms with Crippen molar-refractivity contribution >= 4 is 37.4 Å². The molecule has 21 heavy (non-hydrogen) atoms. The van der Waals surface area contributed by atoms with Crippen LogP contribution in [0.25, 0.3) is 10.1 Å². The van der Waals surface area contributed by atoms with Crippen molar-refractivity contribution < 1.29 is 4.74 Å². The van der Waals surface area contributed by atoms with E-state index in [4.69, 9.17) is 4.74 Å². The molecule has 0 amide bonds. The van der Waals surface area contributed by atoms with Crippen LogP contribution in [0.4, 0.5) is 0 Å². The van der Waals surface area contributed by atoms with Crippen LogP contribution in [-0.2, 0) is 13.2 Å². The molecule has 0 aliphatic carbocycles. The lowest BCUT2D eigenvalue weighted by atomic mass is 10.1. The molecule has 3 rings (SSSR count). The molecule has 0 radical (unpaired) electrons. The minimum Gasteiger partial charge on any atom is -0.489 e. The Hall–Kier alpha value is -1.36. The first-order chi connectivity index (χ1) is 10.3. The van der Waals surface area contributed by atoms with E-state index in [0.717, 1.165) is 16.8 Å². The zero-order chi connectivity index (χ0) is 14.7. The summed E-state index contributed by atoms with van der Waals surface area (Å²) in [7, 11) is 1.98. The van der Waals surface area contributed by atoms with Crippen molar-refractivity contribution in [1.82, 2.24) is 5.32 Å². The molecule has 1 heterocycles. The van der Waals surface area contributed by atoms with E-state index in [-0.39, 0.29) is 0 Å². The van der Waals surface area contributed by atoms with E-state index < -0.39 is 0 Å². The summed E-state index contributed by atoms with van der Waals surface area (Å²) in [5, 5.41) is 4.54. The van der Waals surface area contributed by atoms with Crippen molar-refractivity contribution in [2.75, 3.05) is 7.05 Å². The number of hydrogen-bond donors (Lipinski definition) is 1. The Labute approximate surface area is 136 Å². The summed E-state index contributed by atoms with van der Waals surface area (Å²) in [6, 6.07) is 16.5. The Kier molecular flexibility index (Phi) is 4.58. The van der Waals surface area contributed by atoms with Crippen LogP contribution in [0.15, 0.2) is 53.0 Å². The van der Waals surface area contributed by atoms with Crippen molar-refractivity contribution in [2.45, 2.75) is 13.2 Å². The Morgan fingerprint density at radius 3 is 2.62 bits per heavy atom. The number of hydrogen-bond acceptors (Lipinski definition) is 3. The van der Waals surface area contributed by atoms with E-state index in [2.05, 4.69) is 45.5 Å². The minimum absolute atomic E-state index is 0.600. The normalized spacial score (nSPS) is 11.0. The van der Waals surface area contributed by atoms with E-state index in [1.54, 1.807) is 0 Å². The van der Waals surface area contributed by atoms with E-state index in [9.17, 15) is 0 Å². The van der Waals surface area contributed by atoms with Gasteiger partial charge < -0.3 is 10.1 Å². The maximum Gasteiger partial charge on any atom is 0.119 e. The molecule has 0 aliphatic heterocycles. The van der Waals surface area contributed by atoms with E-state index in [0.29, 0.717) is 6.61 Å². The molecule has 1 N–H and O–H groups in total. The molecule has 0 spiro atoms. The van der Waals surface area contributed by atoms with E-state index in [1.165, 1.54) is 20.5 Å². The molecule has 2 nitrogen and oxygen atoms in total. The van der Waals surface area contributed by atoms with Crippen molar-refractivity contribution in [3.63, 3.8) is 0 Å². The first kappa shape index (κ1) is 14.6. The summed E-state index contributed by atoms with van der Waals surface area (Å²) in [5.41, 5.74) is 1.29. The lowest BCUT2D eigenvalue weighted by Crippen LogP contribution is -2.06. The van der Waals surface area contributed by atoms with Gasteiger partial charge in [0, 0.05) is 26.2 Å². The maximum absolute atomic E-state index is 5.96. The summed E-state index contributed by atoms with van der Waals surface area (Å²) < 4.78 is 8.34. The van der Waals surface area contributed by atoms with Crippen LogP contribution in [0, 0.1) is 0 Å². The molecular weight excluding hydrogens is 346 g/mol. The van der Waals surface area contributed by atoms with Gasteiger partial charge in [-0.25, -0.2) is 0 Å². The third-order valence-corrected chi connectivity index (χ3v) is 5.06. The molecule has 0 saturated carbocycles. The second-order valence-corrected chi connectivity index (χ2v) is 6.83. The lowest BCUT2D eigenvalue weighted by molar-refractivity contribution is 0.307. The average molecular weight is 362 g/mol. The number of nitrogens with one attached hydrogen (secondary N) is 1. The summed E-state index contributed by atoms with van der Waals surface area (Å²) in [5.74, 6) is 0.892. The molecule has 0 fully saturated rings. The summed E-state index contributed by atoms with van der Waals surface area (Å²) >= 11 is 5.27. The van der Waals surface area contributed by atoms with Crippen LogP contribution in [0.3, 0.4) is 0 Å². The first-order valence-electron chi connectivity index (χ1n) is 6.80. The zero-order valence-corrected chi connectivity index (χ0v) is 14.1. The molecule has 0 aliphatic rings. The van der Waals surface area contributed by atoms with Crippen LogP contribution in [0.5, 0.6) is 5.75 Å². The van der Waals surface area contributed by atoms with Gasteiger partial charge in [0.1, 0.15) is 12.4 Å². The lowest BCUT2D eigenvalue weighted by Gasteiger charge is -2.08. The van der Waals surface area contributed by atoms with Gasteiger partial charge in [-0.1, -0.05) is 34.1 Å². The van der Waals surface area contributed by atoms with E-state index >= 15 is 0 Å². The molecule has 0 bridgehead atoms. The van der Waals surface area contributed by atoms with Crippen LogP contribution in [0.1, 0.15) is 10.4 Å². The molecule has 0 unspecified atom stereocenters. The number of halogens is 1. The number of ether oxygens (including phenoxy) is 1. The minimum atomic E-state index is 0.600. The molecular formula is C17H16BrNOS. The monoisotopic (exact) mass is 361 g/mol. The third-order valence-electron chi connectivity index (χ3n) is 3.32. The molecule has 2 aromatic carbocycles. The molecule has 4 heteroatoms. The highest BCUT2D eigenvalue weighted by Gasteiger charge is 2.11. The smallest absolute Gasteiger partial charge is 0.119 e. The van der Waals surface area contributed by atoms with Crippen molar-refractivity contribution in [1.29, 1.82) is 0 Å². The summed E-state index contributed by atoms with van der Waals surface area (Å²) in [4.78, 5) is 1.34. The highest BCUT2D eigenvalue weighted by atomic mass is 79.9. The Morgan fingerprint density at radius 1 is 1.10 bits per heavy atom. The van der Waals surface area contributed by atoms with Gasteiger partial charge in [-0.2, -0.15) is 0 Å². The predicted octanol–water partition coefficient (Wildman–Crippen LogP) is 4.96. The largest absolute Gasteiger partial charge is 0.489 e. The van der Waals surface area contributed by atoms with Gasteiger partial charge >= 0.3 is 0 Å². The second-order valence-electron chi connectivity index (χ2n) is 4.77. The zero-order valence-electron chi connectivity index (χ0n) is 11.7. The van der Waals surface area contributed by atoms with Gasteiger partial charge in [-0.3, -0.25) is 0 Å².